The van der Waals surface area contributed by atoms with E-state index in [4.69, 9.17) is 9.72 Å². The van der Waals surface area contributed by atoms with E-state index in [0.717, 1.165) is 54.4 Å². The van der Waals surface area contributed by atoms with Gasteiger partial charge in [0.05, 0.1) is 29.3 Å². The first-order chi connectivity index (χ1) is 19.8. The lowest BCUT2D eigenvalue weighted by Crippen LogP contribution is -2.36. The SMILES string of the molecule is CC(C)(C)OC(=O)N1CCC[C@H]1c1nc2c([nH]1)-c1ccc(-c3ccc(-c4cnc(C5CCCC5)[nH]4)cc3)cc1CC2. The van der Waals surface area contributed by atoms with E-state index in [-0.39, 0.29) is 12.1 Å². The summed E-state index contributed by atoms with van der Waals surface area (Å²) in [6.45, 7) is 6.43. The Kier molecular flexibility index (Phi) is 6.48. The smallest absolute Gasteiger partial charge is 0.410 e. The van der Waals surface area contributed by atoms with Gasteiger partial charge in [-0.2, -0.15) is 0 Å². The molecule has 2 fully saturated rings. The van der Waals surface area contributed by atoms with Crippen LogP contribution in [0.1, 0.15) is 94.2 Å². The van der Waals surface area contributed by atoms with E-state index in [2.05, 4.69) is 57.4 Å². The van der Waals surface area contributed by atoms with Crippen LogP contribution >= 0.6 is 0 Å². The zero-order valence-corrected chi connectivity index (χ0v) is 24.3. The molecule has 2 aromatic carbocycles. The van der Waals surface area contributed by atoms with Crippen molar-refractivity contribution in [3.63, 3.8) is 0 Å². The molecule has 4 aromatic rings. The van der Waals surface area contributed by atoms with Gasteiger partial charge in [0.1, 0.15) is 17.2 Å². The maximum Gasteiger partial charge on any atom is 0.410 e. The molecule has 1 aliphatic heterocycles. The average molecular weight is 550 g/mol. The van der Waals surface area contributed by atoms with Crippen molar-refractivity contribution in [2.45, 2.75) is 89.7 Å². The van der Waals surface area contributed by atoms with E-state index in [1.54, 1.807) is 0 Å². The third-order valence-corrected chi connectivity index (χ3v) is 8.87. The van der Waals surface area contributed by atoms with Crippen molar-refractivity contribution < 1.29 is 9.53 Å². The largest absolute Gasteiger partial charge is 0.444 e. The number of nitrogens with one attached hydrogen (secondary N) is 2. The first-order valence-corrected chi connectivity index (χ1v) is 15.2. The number of carbonyl (C=O) groups is 1. The molecule has 41 heavy (non-hydrogen) atoms. The molecule has 0 spiro atoms. The van der Waals surface area contributed by atoms with Gasteiger partial charge in [-0.25, -0.2) is 14.8 Å². The number of benzene rings is 2. The molecule has 1 saturated carbocycles. The number of aryl methyl sites for hydroxylation is 2. The van der Waals surface area contributed by atoms with Crippen molar-refractivity contribution >= 4 is 6.09 Å². The Morgan fingerprint density at radius 3 is 2.44 bits per heavy atom. The first kappa shape index (κ1) is 26.1. The fraction of sp³-hybridized carbons (Fsp3) is 0.441. The number of likely N-dealkylation sites (tertiary alicyclic amines) is 1. The maximum atomic E-state index is 12.9. The summed E-state index contributed by atoms with van der Waals surface area (Å²) < 4.78 is 5.68. The molecule has 3 heterocycles. The van der Waals surface area contributed by atoms with Crippen LogP contribution in [-0.2, 0) is 17.6 Å². The second-order valence-corrected chi connectivity index (χ2v) is 12.9. The third-order valence-electron chi connectivity index (χ3n) is 8.87. The standard InChI is InChI=1S/C34H39N5O2/c1-34(2,3)41-33(40)39-18-6-9-29(39)32-36-27-17-15-25-19-24(14-16-26(25)30(27)38-32)21-10-12-22(13-11-21)28-20-35-31(37-28)23-7-4-5-8-23/h10-14,16,19-20,23,29H,4-9,15,17-18H2,1-3H3,(H,35,37)(H,36,38)/t29-/m0/s1. The molecule has 1 atom stereocenters. The highest BCUT2D eigenvalue weighted by Crippen LogP contribution is 2.39. The number of rotatable bonds is 4. The van der Waals surface area contributed by atoms with Crippen molar-refractivity contribution in [3.05, 3.63) is 71.6 Å². The van der Waals surface area contributed by atoms with Crippen LogP contribution in [0.4, 0.5) is 4.79 Å². The highest BCUT2D eigenvalue weighted by molar-refractivity contribution is 5.76. The van der Waals surface area contributed by atoms with Gasteiger partial charge in [0.25, 0.3) is 0 Å². The Morgan fingerprint density at radius 1 is 0.902 bits per heavy atom. The number of aromatic amines is 2. The number of hydrogen-bond donors (Lipinski definition) is 2. The van der Waals surface area contributed by atoms with Crippen LogP contribution in [0.25, 0.3) is 33.6 Å². The monoisotopic (exact) mass is 549 g/mol. The van der Waals surface area contributed by atoms with E-state index < -0.39 is 5.60 Å². The van der Waals surface area contributed by atoms with Gasteiger partial charge in [-0.1, -0.05) is 55.3 Å². The number of hydrogen-bond acceptors (Lipinski definition) is 4. The van der Waals surface area contributed by atoms with Crippen LogP contribution in [0.5, 0.6) is 0 Å². The fourth-order valence-corrected chi connectivity index (χ4v) is 6.79. The molecule has 1 amide bonds. The van der Waals surface area contributed by atoms with E-state index in [9.17, 15) is 4.79 Å². The van der Waals surface area contributed by atoms with Crippen molar-refractivity contribution in [2.24, 2.45) is 0 Å². The summed E-state index contributed by atoms with van der Waals surface area (Å²) in [4.78, 5) is 31.6. The lowest BCUT2D eigenvalue weighted by Gasteiger charge is -2.27. The predicted molar refractivity (Wildman–Crippen MR) is 161 cm³/mol. The minimum absolute atomic E-state index is 0.0687. The van der Waals surface area contributed by atoms with E-state index >= 15 is 0 Å². The fourth-order valence-electron chi connectivity index (χ4n) is 6.79. The van der Waals surface area contributed by atoms with E-state index in [1.807, 2.05) is 31.9 Å². The van der Waals surface area contributed by atoms with Gasteiger partial charge in [0.2, 0.25) is 0 Å². The van der Waals surface area contributed by atoms with Crippen molar-refractivity contribution in [2.75, 3.05) is 6.54 Å². The van der Waals surface area contributed by atoms with Crippen LogP contribution < -0.4 is 0 Å². The lowest BCUT2D eigenvalue weighted by molar-refractivity contribution is 0.0218. The van der Waals surface area contributed by atoms with Gasteiger partial charge in [-0.3, -0.25) is 4.90 Å². The Balaban J connectivity index is 1.10. The second-order valence-electron chi connectivity index (χ2n) is 12.9. The number of fused-ring (bicyclic) bond motifs is 3. The first-order valence-electron chi connectivity index (χ1n) is 15.2. The minimum atomic E-state index is -0.513. The average Bonchev–Trinajstić information content (AvgIpc) is 3.77. The molecule has 7 heteroatoms. The number of amides is 1. The van der Waals surface area contributed by atoms with Gasteiger partial charge < -0.3 is 14.7 Å². The molecule has 0 radical (unpaired) electrons. The predicted octanol–water partition coefficient (Wildman–Crippen LogP) is 7.96. The summed E-state index contributed by atoms with van der Waals surface area (Å²) in [5.74, 6) is 2.61. The minimum Gasteiger partial charge on any atom is -0.444 e. The molecule has 212 valence electrons. The molecular weight excluding hydrogens is 510 g/mol. The van der Waals surface area contributed by atoms with Gasteiger partial charge in [-0.15, -0.1) is 0 Å². The topological polar surface area (TPSA) is 86.9 Å². The summed E-state index contributed by atoms with van der Waals surface area (Å²) >= 11 is 0. The van der Waals surface area contributed by atoms with Crippen LogP contribution in [0.2, 0.25) is 0 Å². The summed E-state index contributed by atoms with van der Waals surface area (Å²) in [5, 5.41) is 0. The van der Waals surface area contributed by atoms with Crippen molar-refractivity contribution in [1.29, 1.82) is 0 Å². The number of aromatic nitrogens is 4. The van der Waals surface area contributed by atoms with Crippen molar-refractivity contribution in [3.8, 4) is 33.6 Å². The van der Waals surface area contributed by atoms with Crippen LogP contribution in [0.3, 0.4) is 0 Å². The maximum absolute atomic E-state index is 12.9. The highest BCUT2D eigenvalue weighted by Gasteiger charge is 2.36. The molecule has 2 N–H and O–H groups in total. The Bertz CT molecular complexity index is 1570. The molecule has 3 aliphatic rings. The highest BCUT2D eigenvalue weighted by atomic mass is 16.6. The zero-order valence-electron chi connectivity index (χ0n) is 24.3. The molecule has 0 unspecified atom stereocenters. The molecule has 2 aliphatic carbocycles. The molecule has 7 nitrogen and oxygen atoms in total. The van der Waals surface area contributed by atoms with Gasteiger partial charge in [-0.05, 0) is 81.5 Å². The summed E-state index contributed by atoms with van der Waals surface area (Å²) in [5.41, 5.74) is 8.92. The second kappa shape index (κ2) is 10.2. The Morgan fingerprint density at radius 2 is 1.66 bits per heavy atom. The quantitative estimate of drug-likeness (QED) is 0.270. The van der Waals surface area contributed by atoms with Gasteiger partial charge >= 0.3 is 6.09 Å². The number of H-pyrrole nitrogens is 2. The molecule has 1 saturated heterocycles. The number of imidazole rings is 2. The summed E-state index contributed by atoms with van der Waals surface area (Å²) in [6, 6.07) is 15.5. The lowest BCUT2D eigenvalue weighted by atomic mass is 9.89. The molecular formula is C34H39N5O2. The summed E-state index contributed by atoms with van der Waals surface area (Å²) in [6.07, 6.45) is 10.5. The Labute approximate surface area is 241 Å². The zero-order chi connectivity index (χ0) is 28.1. The molecule has 7 rings (SSSR count). The van der Waals surface area contributed by atoms with E-state index in [0.29, 0.717) is 12.5 Å². The molecule has 0 bridgehead atoms. The number of ether oxygens (including phenoxy) is 1. The third kappa shape index (κ3) is 5.07. The normalized spacial score (nSPS) is 18.9. The van der Waals surface area contributed by atoms with Crippen molar-refractivity contribution in [1.82, 2.24) is 24.8 Å². The number of carbonyl (C=O) groups excluding carboxylic acids is 1. The van der Waals surface area contributed by atoms with Gasteiger partial charge in [0.15, 0.2) is 0 Å². The van der Waals surface area contributed by atoms with E-state index in [1.165, 1.54) is 53.5 Å². The van der Waals surface area contributed by atoms with Gasteiger partial charge in [0, 0.05) is 18.0 Å². The summed E-state index contributed by atoms with van der Waals surface area (Å²) in [7, 11) is 0. The Hall–Kier alpha value is -3.87. The number of nitrogens with zero attached hydrogens (tertiary/aromatic N) is 3. The van der Waals surface area contributed by atoms with Crippen LogP contribution in [0, 0.1) is 0 Å². The van der Waals surface area contributed by atoms with Crippen LogP contribution in [-0.4, -0.2) is 43.1 Å². The molecule has 2 aromatic heterocycles. The van der Waals surface area contributed by atoms with Crippen LogP contribution in [0.15, 0.2) is 48.7 Å².